The fourth-order valence-corrected chi connectivity index (χ4v) is 3.26. The van der Waals surface area contributed by atoms with Crippen LogP contribution < -0.4 is 15.2 Å². The van der Waals surface area contributed by atoms with Gasteiger partial charge in [0.25, 0.3) is 0 Å². The van der Waals surface area contributed by atoms with Gasteiger partial charge in [-0.05, 0) is 67.7 Å². The Morgan fingerprint density at radius 2 is 1.81 bits per heavy atom. The molecule has 1 aliphatic rings. The topological polar surface area (TPSA) is 44.5 Å². The molecule has 0 radical (unpaired) electrons. The zero-order chi connectivity index (χ0) is 15.2. The van der Waals surface area contributed by atoms with E-state index >= 15 is 0 Å². The van der Waals surface area contributed by atoms with Gasteiger partial charge in [-0.15, -0.1) is 0 Å². The molecule has 0 heterocycles. The van der Waals surface area contributed by atoms with Crippen molar-refractivity contribution in [3.8, 4) is 11.5 Å². The summed E-state index contributed by atoms with van der Waals surface area (Å²) in [5, 5.41) is 0. The summed E-state index contributed by atoms with van der Waals surface area (Å²) in [6.45, 7) is 5.40. The number of ether oxygens (including phenoxy) is 2. The number of nitrogens with two attached hydrogens (primary N) is 1. The molecule has 0 aliphatic heterocycles. The molecule has 1 saturated carbocycles. The lowest BCUT2D eigenvalue weighted by molar-refractivity contribution is 0.161. The highest BCUT2D eigenvalue weighted by atomic mass is 16.5. The molecule has 0 aromatic heterocycles. The van der Waals surface area contributed by atoms with Crippen molar-refractivity contribution in [2.24, 2.45) is 23.5 Å². The minimum Gasteiger partial charge on any atom is -0.497 e. The average Bonchev–Trinajstić information content (AvgIpc) is 2.49. The molecule has 3 nitrogen and oxygen atoms in total. The summed E-state index contributed by atoms with van der Waals surface area (Å²) < 4.78 is 11.0. The molecule has 2 rings (SSSR count). The van der Waals surface area contributed by atoms with Crippen LogP contribution in [0.3, 0.4) is 0 Å². The van der Waals surface area contributed by atoms with Crippen LogP contribution in [0.5, 0.6) is 11.5 Å². The van der Waals surface area contributed by atoms with E-state index in [0.717, 1.165) is 42.8 Å². The average molecular weight is 291 g/mol. The fourth-order valence-electron chi connectivity index (χ4n) is 3.26. The number of rotatable bonds is 6. The zero-order valence-electron chi connectivity index (χ0n) is 13.5. The van der Waals surface area contributed by atoms with Gasteiger partial charge in [-0.3, -0.25) is 0 Å². The first-order chi connectivity index (χ1) is 10.1. The van der Waals surface area contributed by atoms with Gasteiger partial charge < -0.3 is 15.2 Å². The lowest BCUT2D eigenvalue weighted by Gasteiger charge is -2.36. The third-order valence-electron chi connectivity index (χ3n) is 4.84. The smallest absolute Gasteiger partial charge is 0.119 e. The van der Waals surface area contributed by atoms with Gasteiger partial charge in [-0.1, -0.05) is 13.8 Å². The molecule has 1 aromatic carbocycles. The molecule has 0 spiro atoms. The van der Waals surface area contributed by atoms with Crippen molar-refractivity contribution in [3.63, 3.8) is 0 Å². The van der Waals surface area contributed by atoms with E-state index in [0.29, 0.717) is 12.0 Å². The maximum atomic E-state index is 6.29. The second-order valence-electron chi connectivity index (χ2n) is 6.55. The number of hydrogen-bond acceptors (Lipinski definition) is 3. The van der Waals surface area contributed by atoms with Crippen molar-refractivity contribution < 1.29 is 9.47 Å². The minimum atomic E-state index is 0.347. The number of hydrogen-bond donors (Lipinski definition) is 1. The van der Waals surface area contributed by atoms with E-state index in [-0.39, 0.29) is 0 Å². The Morgan fingerprint density at radius 3 is 2.43 bits per heavy atom. The zero-order valence-corrected chi connectivity index (χ0v) is 13.5. The predicted molar refractivity (Wildman–Crippen MR) is 86.8 cm³/mol. The van der Waals surface area contributed by atoms with Crippen molar-refractivity contribution >= 4 is 0 Å². The summed E-state index contributed by atoms with van der Waals surface area (Å²) in [6, 6.07) is 8.11. The molecular formula is C18H29NO2. The molecule has 0 amide bonds. The van der Waals surface area contributed by atoms with Crippen LogP contribution in [-0.4, -0.2) is 19.8 Å². The quantitative estimate of drug-likeness (QED) is 0.865. The lowest BCUT2D eigenvalue weighted by Crippen LogP contribution is -2.38. The fraction of sp³-hybridized carbons (Fsp3) is 0.667. The van der Waals surface area contributed by atoms with Crippen molar-refractivity contribution in [1.29, 1.82) is 0 Å². The van der Waals surface area contributed by atoms with Gasteiger partial charge in [-0.25, -0.2) is 0 Å². The summed E-state index contributed by atoms with van der Waals surface area (Å²) in [5.41, 5.74) is 6.29. The minimum absolute atomic E-state index is 0.347. The highest BCUT2D eigenvalue weighted by Gasteiger charge is 2.29. The third-order valence-corrected chi connectivity index (χ3v) is 4.84. The summed E-state index contributed by atoms with van der Waals surface area (Å²) >= 11 is 0. The normalized spacial score (nSPS) is 25.9. The monoisotopic (exact) mass is 291 g/mol. The Kier molecular flexibility index (Phi) is 5.92. The third kappa shape index (κ3) is 4.63. The Hall–Kier alpha value is -1.22. The van der Waals surface area contributed by atoms with E-state index in [4.69, 9.17) is 15.2 Å². The highest BCUT2D eigenvalue weighted by Crippen LogP contribution is 2.34. The van der Waals surface area contributed by atoms with E-state index in [1.54, 1.807) is 7.11 Å². The standard InChI is InChI=1S/C18H29NO2/c1-13(2)14-4-9-18(19)15(12-14)10-11-21-17-7-5-16(20-3)6-8-17/h5-8,13-15,18H,4,9-12,19H2,1-3H3. The Labute approximate surface area is 128 Å². The van der Waals surface area contributed by atoms with Crippen LogP contribution in [0.4, 0.5) is 0 Å². The molecule has 118 valence electrons. The van der Waals surface area contributed by atoms with E-state index in [2.05, 4.69) is 13.8 Å². The van der Waals surface area contributed by atoms with Gasteiger partial charge in [0.15, 0.2) is 0 Å². The van der Waals surface area contributed by atoms with Gasteiger partial charge in [0.1, 0.15) is 11.5 Å². The molecule has 0 bridgehead atoms. The molecule has 21 heavy (non-hydrogen) atoms. The first kappa shape index (κ1) is 16.2. The SMILES string of the molecule is COc1ccc(OCCC2CC(C(C)C)CCC2N)cc1. The maximum absolute atomic E-state index is 6.29. The van der Waals surface area contributed by atoms with E-state index in [9.17, 15) is 0 Å². The van der Waals surface area contributed by atoms with E-state index in [1.165, 1.54) is 12.8 Å². The molecule has 2 N–H and O–H groups in total. The predicted octanol–water partition coefficient (Wildman–Crippen LogP) is 3.86. The van der Waals surface area contributed by atoms with Gasteiger partial charge in [0.2, 0.25) is 0 Å². The number of methoxy groups -OCH3 is 1. The first-order valence-electron chi connectivity index (χ1n) is 8.12. The maximum Gasteiger partial charge on any atom is 0.119 e. The van der Waals surface area contributed by atoms with Crippen molar-refractivity contribution in [2.75, 3.05) is 13.7 Å². The molecular weight excluding hydrogens is 262 g/mol. The van der Waals surface area contributed by atoms with E-state index < -0.39 is 0 Å². The van der Waals surface area contributed by atoms with Gasteiger partial charge in [-0.2, -0.15) is 0 Å². The molecule has 1 aromatic rings. The van der Waals surface area contributed by atoms with Crippen LogP contribution in [0, 0.1) is 17.8 Å². The Bertz CT molecular complexity index is 416. The van der Waals surface area contributed by atoms with Crippen LogP contribution in [-0.2, 0) is 0 Å². The Balaban J connectivity index is 1.78. The van der Waals surface area contributed by atoms with Crippen LogP contribution in [0.1, 0.15) is 39.5 Å². The van der Waals surface area contributed by atoms with Crippen LogP contribution in [0.25, 0.3) is 0 Å². The second kappa shape index (κ2) is 7.69. The van der Waals surface area contributed by atoms with Crippen molar-refractivity contribution in [3.05, 3.63) is 24.3 Å². The molecule has 1 aliphatic carbocycles. The van der Waals surface area contributed by atoms with Gasteiger partial charge >= 0.3 is 0 Å². The second-order valence-corrected chi connectivity index (χ2v) is 6.55. The molecule has 3 atom stereocenters. The number of benzene rings is 1. The molecule has 3 heteroatoms. The first-order valence-corrected chi connectivity index (χ1v) is 8.12. The summed E-state index contributed by atoms with van der Waals surface area (Å²) in [5.74, 6) is 3.96. The highest BCUT2D eigenvalue weighted by molar-refractivity contribution is 5.31. The molecule has 3 unspecified atom stereocenters. The largest absolute Gasteiger partial charge is 0.497 e. The lowest BCUT2D eigenvalue weighted by atomic mass is 9.73. The summed E-state index contributed by atoms with van der Waals surface area (Å²) in [7, 11) is 1.67. The van der Waals surface area contributed by atoms with Crippen LogP contribution >= 0.6 is 0 Å². The van der Waals surface area contributed by atoms with Crippen LogP contribution in [0.2, 0.25) is 0 Å². The van der Waals surface area contributed by atoms with Crippen molar-refractivity contribution in [1.82, 2.24) is 0 Å². The molecule has 1 fully saturated rings. The van der Waals surface area contributed by atoms with Gasteiger partial charge in [0, 0.05) is 6.04 Å². The summed E-state index contributed by atoms with van der Waals surface area (Å²) in [6.07, 6.45) is 4.76. The summed E-state index contributed by atoms with van der Waals surface area (Å²) in [4.78, 5) is 0. The molecule has 0 saturated heterocycles. The van der Waals surface area contributed by atoms with E-state index in [1.807, 2.05) is 24.3 Å². The van der Waals surface area contributed by atoms with Gasteiger partial charge in [0.05, 0.1) is 13.7 Å². The van der Waals surface area contributed by atoms with Crippen molar-refractivity contribution in [2.45, 2.75) is 45.6 Å². The van der Waals surface area contributed by atoms with Crippen LogP contribution in [0.15, 0.2) is 24.3 Å². The Morgan fingerprint density at radius 1 is 1.14 bits per heavy atom.